The monoisotopic (exact) mass is 268 g/mol. The van der Waals surface area contributed by atoms with Gasteiger partial charge in [0.25, 0.3) is 0 Å². The number of benzene rings is 2. The highest BCUT2D eigenvalue weighted by molar-refractivity contribution is 5.58. The van der Waals surface area contributed by atoms with Crippen LogP contribution in [0.3, 0.4) is 0 Å². The summed E-state index contributed by atoms with van der Waals surface area (Å²) >= 11 is 0. The lowest BCUT2D eigenvalue weighted by molar-refractivity contribution is 1.04. The average molecular weight is 268 g/mol. The molecule has 0 radical (unpaired) electrons. The van der Waals surface area contributed by atoms with E-state index < -0.39 is 0 Å². The van der Waals surface area contributed by atoms with Gasteiger partial charge < -0.3 is 11.1 Å². The van der Waals surface area contributed by atoms with Crippen molar-refractivity contribution in [2.75, 3.05) is 5.32 Å². The third-order valence-electron chi connectivity index (χ3n) is 3.73. The van der Waals surface area contributed by atoms with Gasteiger partial charge in [-0.3, -0.25) is 0 Å². The molecule has 0 saturated carbocycles. The molecule has 0 spiro atoms. The van der Waals surface area contributed by atoms with E-state index in [-0.39, 0.29) is 0 Å². The second-order valence-corrected chi connectivity index (χ2v) is 5.03. The maximum absolute atomic E-state index is 5.63. The maximum Gasteiger partial charge on any atom is 0.0407 e. The minimum absolute atomic E-state index is 0.604. The number of anilines is 1. The molecule has 0 amide bonds. The molecule has 2 heteroatoms. The van der Waals surface area contributed by atoms with Crippen LogP contribution in [-0.4, -0.2) is 0 Å². The summed E-state index contributed by atoms with van der Waals surface area (Å²) in [5.41, 5.74) is 12.2. The smallest absolute Gasteiger partial charge is 0.0407 e. The van der Waals surface area contributed by atoms with Gasteiger partial charge in [0.2, 0.25) is 0 Å². The first-order valence-corrected chi connectivity index (χ1v) is 7.41. The Kier molecular flexibility index (Phi) is 5.19. The Bertz CT molecular complexity index is 522. The summed E-state index contributed by atoms with van der Waals surface area (Å²) < 4.78 is 0. The molecule has 2 rings (SSSR count). The number of hydrogen-bond acceptors (Lipinski definition) is 2. The van der Waals surface area contributed by atoms with E-state index in [9.17, 15) is 0 Å². The van der Waals surface area contributed by atoms with Crippen LogP contribution in [0.15, 0.2) is 42.5 Å². The molecule has 0 aromatic heterocycles. The third kappa shape index (κ3) is 3.40. The summed E-state index contributed by atoms with van der Waals surface area (Å²) in [7, 11) is 0. The van der Waals surface area contributed by atoms with Gasteiger partial charge in [0.1, 0.15) is 0 Å². The SMILES string of the molecule is CCc1cccc(CC)c1NCc1ccc(CN)cc1. The van der Waals surface area contributed by atoms with Gasteiger partial charge in [0, 0.05) is 18.8 Å². The van der Waals surface area contributed by atoms with Gasteiger partial charge in [0.05, 0.1) is 0 Å². The van der Waals surface area contributed by atoms with Gasteiger partial charge in [-0.05, 0) is 35.1 Å². The Hall–Kier alpha value is -1.80. The fourth-order valence-electron chi connectivity index (χ4n) is 2.45. The number of para-hydroxylation sites is 1. The Balaban J connectivity index is 2.13. The molecule has 0 saturated heterocycles. The molecule has 0 heterocycles. The summed E-state index contributed by atoms with van der Waals surface area (Å²) in [6.45, 7) is 5.87. The number of nitrogens with one attached hydrogen (secondary N) is 1. The predicted molar refractivity (Wildman–Crippen MR) is 86.9 cm³/mol. The highest BCUT2D eigenvalue weighted by atomic mass is 14.9. The van der Waals surface area contributed by atoms with Crippen molar-refractivity contribution in [3.05, 3.63) is 64.7 Å². The third-order valence-corrected chi connectivity index (χ3v) is 3.73. The molecular formula is C18H24N2. The first-order valence-electron chi connectivity index (χ1n) is 7.41. The van der Waals surface area contributed by atoms with E-state index in [0.717, 1.165) is 19.4 Å². The molecule has 0 fully saturated rings. The number of hydrogen-bond donors (Lipinski definition) is 2. The fourth-order valence-corrected chi connectivity index (χ4v) is 2.45. The highest BCUT2D eigenvalue weighted by Gasteiger charge is 2.05. The van der Waals surface area contributed by atoms with Gasteiger partial charge in [-0.25, -0.2) is 0 Å². The normalized spacial score (nSPS) is 10.6. The van der Waals surface area contributed by atoms with E-state index in [1.54, 1.807) is 0 Å². The topological polar surface area (TPSA) is 38.0 Å². The first kappa shape index (κ1) is 14.6. The van der Waals surface area contributed by atoms with Gasteiger partial charge >= 0.3 is 0 Å². The Morgan fingerprint density at radius 2 is 1.40 bits per heavy atom. The van der Waals surface area contributed by atoms with Gasteiger partial charge in [-0.2, -0.15) is 0 Å². The van der Waals surface area contributed by atoms with E-state index in [1.165, 1.54) is 27.9 Å². The molecular weight excluding hydrogens is 244 g/mol. The molecule has 0 atom stereocenters. The minimum Gasteiger partial charge on any atom is -0.381 e. The molecule has 20 heavy (non-hydrogen) atoms. The molecule has 2 nitrogen and oxygen atoms in total. The van der Waals surface area contributed by atoms with Crippen LogP contribution in [0.5, 0.6) is 0 Å². The lowest BCUT2D eigenvalue weighted by Gasteiger charge is -2.15. The van der Waals surface area contributed by atoms with Crippen molar-refractivity contribution in [2.24, 2.45) is 5.73 Å². The van der Waals surface area contributed by atoms with Crippen molar-refractivity contribution in [3.63, 3.8) is 0 Å². The minimum atomic E-state index is 0.604. The van der Waals surface area contributed by atoms with Crippen LogP contribution in [0.25, 0.3) is 0 Å². The number of aryl methyl sites for hydroxylation is 2. The summed E-state index contributed by atoms with van der Waals surface area (Å²) in [4.78, 5) is 0. The molecule has 0 aliphatic carbocycles. The highest BCUT2D eigenvalue weighted by Crippen LogP contribution is 2.23. The first-order chi connectivity index (χ1) is 9.78. The average Bonchev–Trinajstić information content (AvgIpc) is 2.52. The molecule has 0 aliphatic heterocycles. The Labute approximate surface area is 122 Å². The lowest BCUT2D eigenvalue weighted by Crippen LogP contribution is -2.05. The standard InChI is InChI=1S/C18H24N2/c1-3-16-6-5-7-17(4-2)18(16)20-13-15-10-8-14(12-19)9-11-15/h5-11,20H,3-4,12-13,19H2,1-2H3. The zero-order chi connectivity index (χ0) is 14.4. The van der Waals surface area contributed by atoms with Crippen LogP contribution in [0.1, 0.15) is 36.1 Å². The van der Waals surface area contributed by atoms with Crippen LogP contribution in [-0.2, 0) is 25.9 Å². The van der Waals surface area contributed by atoms with E-state index in [4.69, 9.17) is 5.73 Å². The van der Waals surface area contributed by atoms with Gasteiger partial charge in [-0.1, -0.05) is 56.3 Å². The maximum atomic E-state index is 5.63. The van der Waals surface area contributed by atoms with Crippen molar-refractivity contribution < 1.29 is 0 Å². The van der Waals surface area contributed by atoms with E-state index in [2.05, 4.69) is 61.6 Å². The van der Waals surface area contributed by atoms with Crippen LogP contribution >= 0.6 is 0 Å². The number of rotatable bonds is 6. The van der Waals surface area contributed by atoms with Gasteiger partial charge in [0.15, 0.2) is 0 Å². The van der Waals surface area contributed by atoms with Crippen LogP contribution in [0.2, 0.25) is 0 Å². The molecule has 0 aliphatic rings. The summed E-state index contributed by atoms with van der Waals surface area (Å²) in [5.74, 6) is 0. The Morgan fingerprint density at radius 1 is 0.850 bits per heavy atom. The van der Waals surface area contributed by atoms with Crippen molar-refractivity contribution in [1.82, 2.24) is 0 Å². The molecule has 0 unspecified atom stereocenters. The Morgan fingerprint density at radius 3 is 1.90 bits per heavy atom. The van der Waals surface area contributed by atoms with Crippen LogP contribution in [0.4, 0.5) is 5.69 Å². The van der Waals surface area contributed by atoms with Crippen molar-refractivity contribution in [2.45, 2.75) is 39.8 Å². The van der Waals surface area contributed by atoms with Crippen LogP contribution < -0.4 is 11.1 Å². The quantitative estimate of drug-likeness (QED) is 0.834. The fraction of sp³-hybridized carbons (Fsp3) is 0.333. The lowest BCUT2D eigenvalue weighted by atomic mass is 10.0. The summed E-state index contributed by atoms with van der Waals surface area (Å²) in [6, 6.07) is 15.1. The van der Waals surface area contributed by atoms with Crippen molar-refractivity contribution >= 4 is 5.69 Å². The second kappa shape index (κ2) is 7.11. The molecule has 2 aromatic rings. The van der Waals surface area contributed by atoms with E-state index in [1.807, 2.05) is 0 Å². The van der Waals surface area contributed by atoms with Gasteiger partial charge in [-0.15, -0.1) is 0 Å². The molecule has 3 N–H and O–H groups in total. The van der Waals surface area contributed by atoms with Crippen molar-refractivity contribution in [1.29, 1.82) is 0 Å². The van der Waals surface area contributed by atoms with Crippen molar-refractivity contribution in [3.8, 4) is 0 Å². The van der Waals surface area contributed by atoms with E-state index in [0.29, 0.717) is 6.54 Å². The predicted octanol–water partition coefficient (Wildman–Crippen LogP) is 3.88. The molecule has 106 valence electrons. The largest absolute Gasteiger partial charge is 0.381 e. The second-order valence-electron chi connectivity index (χ2n) is 5.03. The summed E-state index contributed by atoms with van der Waals surface area (Å²) in [5, 5.41) is 3.61. The zero-order valence-corrected chi connectivity index (χ0v) is 12.4. The van der Waals surface area contributed by atoms with Crippen LogP contribution in [0, 0.1) is 0 Å². The molecule has 0 bridgehead atoms. The summed E-state index contributed by atoms with van der Waals surface area (Å²) in [6.07, 6.45) is 2.12. The molecule has 2 aromatic carbocycles. The number of nitrogens with two attached hydrogens (primary N) is 1. The van der Waals surface area contributed by atoms with E-state index >= 15 is 0 Å². The zero-order valence-electron chi connectivity index (χ0n) is 12.4.